The molecular formula is C10H10Cl2F3NO. The number of ether oxygens (including phenoxy) is 1. The van der Waals surface area contributed by atoms with Crippen molar-refractivity contribution < 1.29 is 17.9 Å². The Hall–Kier alpha value is -0.650. The minimum absolute atomic E-state index is 0.0294. The number of nitrogens with two attached hydrogens (primary N) is 1. The molecule has 0 bridgehead atoms. The van der Waals surface area contributed by atoms with E-state index >= 15 is 0 Å². The zero-order valence-electron chi connectivity index (χ0n) is 8.60. The van der Waals surface area contributed by atoms with Gasteiger partial charge in [0.15, 0.2) is 6.10 Å². The fourth-order valence-corrected chi connectivity index (χ4v) is 1.71. The third-order valence-corrected chi connectivity index (χ3v) is 2.34. The van der Waals surface area contributed by atoms with Gasteiger partial charge in [-0.05, 0) is 24.7 Å². The van der Waals surface area contributed by atoms with Crippen molar-refractivity contribution in [1.82, 2.24) is 0 Å². The molecule has 0 spiro atoms. The second kappa shape index (κ2) is 5.80. The Balaban J connectivity index is 2.86. The molecule has 1 rings (SSSR count). The SMILES string of the molecule is NCCC(Oc1cc(Cl)cc(Cl)c1)C(F)(F)F. The van der Waals surface area contributed by atoms with Crippen LogP contribution < -0.4 is 10.5 Å². The van der Waals surface area contributed by atoms with Crippen LogP contribution in [0.5, 0.6) is 5.75 Å². The Morgan fingerprint density at radius 2 is 1.71 bits per heavy atom. The van der Waals surface area contributed by atoms with Crippen molar-refractivity contribution in [2.45, 2.75) is 18.7 Å². The van der Waals surface area contributed by atoms with Crippen molar-refractivity contribution in [3.8, 4) is 5.75 Å². The molecule has 1 aromatic rings. The number of hydrogen-bond donors (Lipinski definition) is 1. The smallest absolute Gasteiger partial charge is 0.425 e. The largest absolute Gasteiger partial charge is 0.481 e. The number of hydrogen-bond acceptors (Lipinski definition) is 2. The first-order chi connectivity index (χ1) is 7.82. The zero-order valence-corrected chi connectivity index (χ0v) is 10.1. The fraction of sp³-hybridized carbons (Fsp3) is 0.400. The van der Waals surface area contributed by atoms with Gasteiger partial charge in [-0.3, -0.25) is 0 Å². The van der Waals surface area contributed by atoms with Crippen molar-refractivity contribution in [2.75, 3.05) is 6.54 Å². The first-order valence-electron chi connectivity index (χ1n) is 4.72. The zero-order chi connectivity index (χ0) is 13.1. The maximum absolute atomic E-state index is 12.5. The van der Waals surface area contributed by atoms with Gasteiger partial charge in [-0.2, -0.15) is 13.2 Å². The minimum atomic E-state index is -4.48. The molecule has 0 aliphatic rings. The van der Waals surface area contributed by atoms with Crippen LogP contribution >= 0.6 is 23.2 Å². The van der Waals surface area contributed by atoms with E-state index < -0.39 is 12.3 Å². The van der Waals surface area contributed by atoms with E-state index in [2.05, 4.69) is 0 Å². The summed E-state index contributed by atoms with van der Waals surface area (Å²) in [4.78, 5) is 0. The summed E-state index contributed by atoms with van der Waals surface area (Å²) in [5.74, 6) is -0.0294. The quantitative estimate of drug-likeness (QED) is 0.917. The maximum atomic E-state index is 12.5. The first-order valence-corrected chi connectivity index (χ1v) is 5.48. The van der Waals surface area contributed by atoms with Crippen LogP contribution in [-0.4, -0.2) is 18.8 Å². The van der Waals surface area contributed by atoms with Crippen LogP contribution in [0.15, 0.2) is 18.2 Å². The Labute approximate surface area is 106 Å². The predicted molar refractivity (Wildman–Crippen MR) is 60.6 cm³/mol. The van der Waals surface area contributed by atoms with Crippen molar-refractivity contribution in [3.05, 3.63) is 28.2 Å². The van der Waals surface area contributed by atoms with Crippen molar-refractivity contribution in [1.29, 1.82) is 0 Å². The van der Waals surface area contributed by atoms with Gasteiger partial charge in [0.25, 0.3) is 0 Å². The molecule has 0 fully saturated rings. The standard InChI is InChI=1S/C10H10Cl2F3NO/c11-6-3-7(12)5-8(4-6)17-9(1-2-16)10(13,14)15/h3-5,9H,1-2,16H2. The van der Waals surface area contributed by atoms with Crippen LogP contribution in [0, 0.1) is 0 Å². The van der Waals surface area contributed by atoms with E-state index in [9.17, 15) is 13.2 Å². The molecule has 0 amide bonds. The molecule has 0 aliphatic heterocycles. The van der Waals surface area contributed by atoms with Gasteiger partial charge in [-0.1, -0.05) is 23.2 Å². The molecule has 0 aliphatic carbocycles. The summed E-state index contributed by atoms with van der Waals surface area (Å²) in [5, 5.41) is 0.419. The lowest BCUT2D eigenvalue weighted by Gasteiger charge is -2.21. The highest BCUT2D eigenvalue weighted by atomic mass is 35.5. The predicted octanol–water partition coefficient (Wildman–Crippen LogP) is 3.65. The van der Waals surface area contributed by atoms with Crippen molar-refractivity contribution in [2.24, 2.45) is 5.73 Å². The highest BCUT2D eigenvalue weighted by Gasteiger charge is 2.41. The topological polar surface area (TPSA) is 35.2 Å². The minimum Gasteiger partial charge on any atom is -0.481 e. The molecule has 0 radical (unpaired) electrons. The average molecular weight is 288 g/mol. The lowest BCUT2D eigenvalue weighted by molar-refractivity contribution is -0.196. The van der Waals surface area contributed by atoms with E-state index in [1.54, 1.807) is 0 Å². The van der Waals surface area contributed by atoms with E-state index in [0.717, 1.165) is 0 Å². The third-order valence-electron chi connectivity index (χ3n) is 1.91. The molecule has 0 aromatic heterocycles. The van der Waals surface area contributed by atoms with Crippen LogP contribution in [0.1, 0.15) is 6.42 Å². The van der Waals surface area contributed by atoms with Gasteiger partial charge in [0.2, 0.25) is 0 Å². The average Bonchev–Trinajstić information content (AvgIpc) is 2.13. The molecule has 0 heterocycles. The monoisotopic (exact) mass is 287 g/mol. The fourth-order valence-electron chi connectivity index (χ4n) is 1.20. The molecule has 1 aromatic carbocycles. The number of rotatable bonds is 4. The van der Waals surface area contributed by atoms with Crippen LogP contribution in [0.4, 0.5) is 13.2 Å². The highest BCUT2D eigenvalue weighted by Crippen LogP contribution is 2.30. The van der Waals surface area contributed by atoms with Crippen molar-refractivity contribution >= 4 is 23.2 Å². The third kappa shape index (κ3) is 4.61. The Morgan fingerprint density at radius 3 is 2.12 bits per heavy atom. The van der Waals surface area contributed by atoms with Crippen LogP contribution in [0.3, 0.4) is 0 Å². The molecule has 2 nitrogen and oxygen atoms in total. The molecule has 0 saturated carbocycles. The summed E-state index contributed by atoms with van der Waals surface area (Å²) < 4.78 is 42.4. The van der Waals surface area contributed by atoms with Gasteiger partial charge in [0, 0.05) is 16.5 Å². The van der Waals surface area contributed by atoms with E-state index in [1.165, 1.54) is 18.2 Å². The van der Waals surface area contributed by atoms with Gasteiger partial charge in [-0.25, -0.2) is 0 Å². The number of halogens is 5. The molecule has 2 N–H and O–H groups in total. The van der Waals surface area contributed by atoms with Gasteiger partial charge in [0.05, 0.1) is 0 Å². The molecule has 1 atom stereocenters. The van der Waals surface area contributed by atoms with E-state index in [-0.39, 0.29) is 28.8 Å². The molecule has 17 heavy (non-hydrogen) atoms. The van der Waals surface area contributed by atoms with Gasteiger partial charge < -0.3 is 10.5 Å². The molecule has 1 unspecified atom stereocenters. The van der Waals surface area contributed by atoms with Gasteiger partial charge >= 0.3 is 6.18 Å². The summed E-state index contributed by atoms with van der Waals surface area (Å²) in [6.07, 6.45) is -6.76. The summed E-state index contributed by atoms with van der Waals surface area (Å²) in [7, 11) is 0. The van der Waals surface area contributed by atoms with Crippen LogP contribution in [0.2, 0.25) is 10.0 Å². The Morgan fingerprint density at radius 1 is 1.18 bits per heavy atom. The summed E-state index contributed by atoms with van der Waals surface area (Å²) in [6.45, 7) is -0.127. The number of alkyl halides is 3. The maximum Gasteiger partial charge on any atom is 0.425 e. The van der Waals surface area contributed by atoms with Crippen molar-refractivity contribution in [3.63, 3.8) is 0 Å². The number of benzene rings is 1. The second-order valence-electron chi connectivity index (χ2n) is 3.33. The first kappa shape index (κ1) is 14.4. The molecule has 0 saturated heterocycles. The van der Waals surface area contributed by atoms with Gasteiger partial charge in [-0.15, -0.1) is 0 Å². The van der Waals surface area contributed by atoms with E-state index in [1.807, 2.05) is 0 Å². The molecule has 96 valence electrons. The highest BCUT2D eigenvalue weighted by molar-refractivity contribution is 6.34. The lowest BCUT2D eigenvalue weighted by atomic mass is 10.2. The lowest BCUT2D eigenvalue weighted by Crippen LogP contribution is -2.36. The molecular weight excluding hydrogens is 278 g/mol. The Bertz CT molecular complexity index is 364. The Kier molecular flexibility index (Phi) is 4.91. The van der Waals surface area contributed by atoms with E-state index in [0.29, 0.717) is 0 Å². The molecule has 7 heteroatoms. The summed E-state index contributed by atoms with van der Waals surface area (Å²) in [6, 6.07) is 3.94. The van der Waals surface area contributed by atoms with E-state index in [4.69, 9.17) is 33.7 Å². The summed E-state index contributed by atoms with van der Waals surface area (Å²) >= 11 is 11.3. The second-order valence-corrected chi connectivity index (χ2v) is 4.20. The van der Waals surface area contributed by atoms with Gasteiger partial charge in [0.1, 0.15) is 5.75 Å². The van der Waals surface area contributed by atoms with Crippen LogP contribution in [0.25, 0.3) is 0 Å². The summed E-state index contributed by atoms with van der Waals surface area (Å²) in [5.41, 5.74) is 5.11. The van der Waals surface area contributed by atoms with Crippen LogP contribution in [-0.2, 0) is 0 Å². The normalized spacial score (nSPS) is 13.5.